The Kier molecular flexibility index (Phi) is 6.04. The first kappa shape index (κ1) is 21.1. The lowest BCUT2D eigenvalue weighted by Crippen LogP contribution is -2.39. The molecule has 0 saturated heterocycles. The van der Waals surface area contributed by atoms with Crippen LogP contribution in [0.2, 0.25) is 0 Å². The average Bonchev–Trinajstić information content (AvgIpc) is 3.52. The van der Waals surface area contributed by atoms with E-state index in [1.807, 2.05) is 26.0 Å². The number of thiazole rings is 1. The summed E-state index contributed by atoms with van der Waals surface area (Å²) in [6, 6.07) is 14.3. The lowest BCUT2D eigenvalue weighted by Gasteiger charge is -2.26. The topological polar surface area (TPSA) is 88.5 Å². The number of aryl methyl sites for hydroxylation is 1. The number of ether oxygens (including phenoxy) is 1. The lowest BCUT2D eigenvalue weighted by atomic mass is 10.00. The van der Waals surface area contributed by atoms with Crippen molar-refractivity contribution in [3.05, 3.63) is 81.3 Å². The Balaban J connectivity index is 1.56. The minimum atomic E-state index is -0.988. The lowest BCUT2D eigenvalue weighted by molar-refractivity contribution is 0.0696. The fourth-order valence-electron chi connectivity index (χ4n) is 3.46. The third-order valence-corrected chi connectivity index (χ3v) is 6.22. The van der Waals surface area contributed by atoms with Crippen LogP contribution in [0.3, 0.4) is 0 Å². The summed E-state index contributed by atoms with van der Waals surface area (Å²) in [4.78, 5) is 28.9. The molecule has 1 amide bonds. The van der Waals surface area contributed by atoms with Crippen molar-refractivity contribution in [3.63, 3.8) is 0 Å². The van der Waals surface area contributed by atoms with E-state index in [0.29, 0.717) is 16.7 Å². The quantitative estimate of drug-likeness (QED) is 0.521. The van der Waals surface area contributed by atoms with Gasteiger partial charge in [-0.1, -0.05) is 24.3 Å². The Bertz CT molecular complexity index is 1070. The fraction of sp³-hybridized carbons (Fsp3) is 0.292. The van der Waals surface area contributed by atoms with Gasteiger partial charge in [-0.2, -0.15) is 0 Å². The first-order valence-electron chi connectivity index (χ1n) is 10.2. The maximum absolute atomic E-state index is 12.6. The summed E-state index contributed by atoms with van der Waals surface area (Å²) in [7, 11) is 0. The van der Waals surface area contributed by atoms with Gasteiger partial charge in [-0.25, -0.2) is 9.78 Å². The van der Waals surface area contributed by atoms with Crippen LogP contribution in [0, 0.1) is 6.92 Å². The van der Waals surface area contributed by atoms with E-state index in [2.05, 4.69) is 22.4 Å². The Morgan fingerprint density at radius 1 is 1.13 bits per heavy atom. The molecule has 2 atom stereocenters. The number of carbonyl (C=O) groups excluding carboxylic acids is 1. The number of carbonyl (C=O) groups is 2. The van der Waals surface area contributed by atoms with Gasteiger partial charge in [0.05, 0.1) is 11.6 Å². The van der Waals surface area contributed by atoms with Gasteiger partial charge < -0.3 is 15.2 Å². The number of hydrogen-bond acceptors (Lipinski definition) is 5. The van der Waals surface area contributed by atoms with Gasteiger partial charge in [0.25, 0.3) is 5.91 Å². The molecule has 0 radical (unpaired) electrons. The molecule has 160 valence electrons. The van der Waals surface area contributed by atoms with Crippen LogP contribution in [0.1, 0.15) is 68.0 Å². The molecule has 1 aliphatic rings. The molecule has 31 heavy (non-hydrogen) atoms. The van der Waals surface area contributed by atoms with Gasteiger partial charge in [-0.05, 0) is 68.0 Å². The summed E-state index contributed by atoms with van der Waals surface area (Å²) in [6.07, 6.45) is 3.69. The van der Waals surface area contributed by atoms with Crippen LogP contribution in [0.4, 0.5) is 0 Å². The molecule has 7 heteroatoms. The van der Waals surface area contributed by atoms with Crippen molar-refractivity contribution in [1.82, 2.24) is 10.3 Å². The molecule has 1 aliphatic carbocycles. The third kappa shape index (κ3) is 5.11. The van der Waals surface area contributed by atoms with Crippen LogP contribution >= 0.6 is 11.3 Å². The number of aromatic carboxylic acids is 1. The molecular weight excluding hydrogens is 412 g/mol. The Labute approximate surface area is 184 Å². The molecular formula is C24H24N2O4S. The highest BCUT2D eigenvalue weighted by molar-refractivity contribution is 7.13. The highest BCUT2D eigenvalue weighted by atomic mass is 32.1. The van der Waals surface area contributed by atoms with E-state index >= 15 is 0 Å². The van der Waals surface area contributed by atoms with Crippen molar-refractivity contribution in [1.29, 1.82) is 0 Å². The van der Waals surface area contributed by atoms with Crippen LogP contribution in [-0.4, -0.2) is 28.0 Å². The Morgan fingerprint density at radius 2 is 1.81 bits per heavy atom. The number of hydrogen-bond donors (Lipinski definition) is 2. The van der Waals surface area contributed by atoms with Crippen LogP contribution in [-0.2, 0) is 0 Å². The largest absolute Gasteiger partial charge is 0.484 e. The highest BCUT2D eigenvalue weighted by Crippen LogP contribution is 2.40. The van der Waals surface area contributed by atoms with Crippen molar-refractivity contribution in [3.8, 4) is 5.75 Å². The van der Waals surface area contributed by atoms with Gasteiger partial charge in [-0.15, -0.1) is 11.3 Å². The number of nitrogens with zero attached hydrogens (tertiary/aromatic N) is 1. The standard InChI is InChI=1S/C24H24N2O4S/c1-14-13-25-23(31-14)22(27)26-15(2)21(18-7-5-17(6-8-18)16-3-4-16)30-20-11-9-19(10-12-20)24(28)29/h5-13,15-16,21H,3-4H2,1-2H3,(H,26,27)(H,28,29)/t15-,21-/m0/s1. The molecule has 2 aromatic carbocycles. The zero-order valence-corrected chi connectivity index (χ0v) is 18.2. The van der Waals surface area contributed by atoms with Crippen molar-refractivity contribution in [2.45, 2.75) is 44.8 Å². The summed E-state index contributed by atoms with van der Waals surface area (Å²) in [5.74, 6) is -0.0390. The number of benzene rings is 2. The zero-order chi connectivity index (χ0) is 22.0. The van der Waals surface area contributed by atoms with Gasteiger partial charge in [0.2, 0.25) is 0 Å². The van der Waals surface area contributed by atoms with E-state index in [4.69, 9.17) is 9.84 Å². The van der Waals surface area contributed by atoms with E-state index in [1.165, 1.54) is 41.9 Å². The minimum absolute atomic E-state index is 0.193. The SMILES string of the molecule is Cc1cnc(C(=O)N[C@@H](C)[C@H](Oc2ccc(C(=O)O)cc2)c2ccc(C3CC3)cc2)s1. The molecule has 0 aliphatic heterocycles. The maximum Gasteiger partial charge on any atom is 0.335 e. The fourth-order valence-corrected chi connectivity index (χ4v) is 4.13. The highest BCUT2D eigenvalue weighted by Gasteiger charge is 2.27. The van der Waals surface area contributed by atoms with Gasteiger partial charge in [0.15, 0.2) is 5.01 Å². The zero-order valence-electron chi connectivity index (χ0n) is 17.4. The van der Waals surface area contributed by atoms with Gasteiger partial charge in [-0.3, -0.25) is 4.79 Å². The number of rotatable bonds is 8. The number of amides is 1. The number of carboxylic acid groups (broad SMARTS) is 1. The second kappa shape index (κ2) is 8.89. The van der Waals surface area contributed by atoms with E-state index in [0.717, 1.165) is 10.4 Å². The third-order valence-electron chi connectivity index (χ3n) is 5.31. The summed E-state index contributed by atoms with van der Waals surface area (Å²) >= 11 is 1.35. The van der Waals surface area contributed by atoms with E-state index in [-0.39, 0.29) is 17.5 Å². The monoisotopic (exact) mass is 436 g/mol. The molecule has 6 nitrogen and oxygen atoms in total. The maximum atomic E-state index is 12.6. The van der Waals surface area contributed by atoms with Crippen LogP contribution < -0.4 is 10.1 Å². The molecule has 3 aromatic rings. The summed E-state index contributed by atoms with van der Waals surface area (Å²) in [5.41, 5.74) is 2.45. The summed E-state index contributed by atoms with van der Waals surface area (Å²) < 4.78 is 6.23. The molecule has 1 aromatic heterocycles. The molecule has 4 rings (SSSR count). The molecule has 0 spiro atoms. The normalized spacial score (nSPS) is 15.2. The van der Waals surface area contributed by atoms with Crippen molar-refractivity contribution < 1.29 is 19.4 Å². The van der Waals surface area contributed by atoms with Crippen molar-refractivity contribution in [2.24, 2.45) is 0 Å². The first-order chi connectivity index (χ1) is 14.9. The Morgan fingerprint density at radius 3 is 2.35 bits per heavy atom. The second-order valence-electron chi connectivity index (χ2n) is 7.85. The smallest absolute Gasteiger partial charge is 0.335 e. The molecule has 0 unspecified atom stereocenters. The van der Waals surface area contributed by atoms with Crippen molar-refractivity contribution in [2.75, 3.05) is 0 Å². The van der Waals surface area contributed by atoms with Crippen molar-refractivity contribution >= 4 is 23.2 Å². The van der Waals surface area contributed by atoms with E-state index in [1.54, 1.807) is 18.3 Å². The van der Waals surface area contributed by atoms with Gasteiger partial charge in [0.1, 0.15) is 11.9 Å². The summed E-state index contributed by atoms with van der Waals surface area (Å²) in [5, 5.41) is 12.5. The summed E-state index contributed by atoms with van der Waals surface area (Å²) in [6.45, 7) is 3.80. The van der Waals surface area contributed by atoms with Crippen LogP contribution in [0.25, 0.3) is 0 Å². The minimum Gasteiger partial charge on any atom is -0.484 e. The predicted molar refractivity (Wildman–Crippen MR) is 119 cm³/mol. The second-order valence-corrected chi connectivity index (χ2v) is 9.08. The van der Waals surface area contributed by atoms with E-state index in [9.17, 15) is 9.59 Å². The number of nitrogens with one attached hydrogen (secondary N) is 1. The number of carboxylic acids is 1. The average molecular weight is 437 g/mol. The predicted octanol–water partition coefficient (Wildman–Crippen LogP) is 4.97. The molecule has 1 heterocycles. The van der Waals surface area contributed by atoms with Gasteiger partial charge >= 0.3 is 5.97 Å². The van der Waals surface area contributed by atoms with Crippen LogP contribution in [0.5, 0.6) is 5.75 Å². The van der Waals surface area contributed by atoms with Crippen LogP contribution in [0.15, 0.2) is 54.7 Å². The first-order valence-corrected chi connectivity index (χ1v) is 11.1. The molecule has 1 saturated carbocycles. The molecule has 0 bridgehead atoms. The number of aromatic nitrogens is 1. The molecule has 1 fully saturated rings. The van der Waals surface area contributed by atoms with E-state index < -0.39 is 12.1 Å². The van der Waals surface area contributed by atoms with Gasteiger partial charge in [0, 0.05) is 11.1 Å². The molecule has 2 N–H and O–H groups in total. The Hall–Kier alpha value is -3.19.